The number of nitrogens with zero attached hydrogens (tertiary/aromatic N) is 1. The summed E-state index contributed by atoms with van der Waals surface area (Å²) in [6, 6.07) is 6.59. The van der Waals surface area contributed by atoms with Crippen molar-refractivity contribution in [3.63, 3.8) is 0 Å². The van der Waals surface area contributed by atoms with E-state index in [1.54, 1.807) is 12.3 Å². The fourth-order valence-corrected chi connectivity index (χ4v) is 1.38. The number of benzene rings is 1. The smallest absolute Gasteiger partial charge is 0.335 e. The SMILES string of the molecule is N#Cc1cc(C(=O)O)cc2cc[nH]c12. The molecule has 0 saturated carbocycles. The maximum absolute atomic E-state index is 10.7. The third-order valence-electron chi connectivity index (χ3n) is 2.03. The van der Waals surface area contributed by atoms with Gasteiger partial charge in [0.2, 0.25) is 0 Å². The molecule has 0 spiro atoms. The van der Waals surface area contributed by atoms with E-state index >= 15 is 0 Å². The number of carboxylic acids is 1. The summed E-state index contributed by atoms with van der Waals surface area (Å²) in [7, 11) is 0. The van der Waals surface area contributed by atoms with Crippen molar-refractivity contribution in [1.29, 1.82) is 5.26 Å². The van der Waals surface area contributed by atoms with Crippen molar-refractivity contribution in [3.05, 3.63) is 35.5 Å². The maximum Gasteiger partial charge on any atom is 0.335 e. The van der Waals surface area contributed by atoms with Crippen LogP contribution in [0.1, 0.15) is 15.9 Å². The first-order valence-corrected chi connectivity index (χ1v) is 3.97. The van der Waals surface area contributed by atoms with Gasteiger partial charge in [-0.2, -0.15) is 5.26 Å². The van der Waals surface area contributed by atoms with Crippen LogP contribution in [0.5, 0.6) is 0 Å². The van der Waals surface area contributed by atoms with E-state index < -0.39 is 5.97 Å². The standard InChI is InChI=1S/C10H6N2O2/c11-5-8-4-7(10(13)14)3-6-1-2-12-9(6)8/h1-4,12H,(H,13,14). The first-order chi connectivity index (χ1) is 6.72. The maximum atomic E-state index is 10.7. The predicted molar refractivity (Wildman–Crippen MR) is 50.0 cm³/mol. The molecule has 0 aliphatic heterocycles. The van der Waals surface area contributed by atoms with Gasteiger partial charge >= 0.3 is 5.97 Å². The first kappa shape index (κ1) is 8.32. The summed E-state index contributed by atoms with van der Waals surface area (Å²) >= 11 is 0. The lowest BCUT2D eigenvalue weighted by molar-refractivity contribution is 0.0697. The van der Waals surface area contributed by atoms with Gasteiger partial charge in [0.25, 0.3) is 0 Å². The molecule has 2 rings (SSSR count). The average Bonchev–Trinajstić information content (AvgIpc) is 2.63. The second-order valence-electron chi connectivity index (χ2n) is 2.88. The number of aromatic carboxylic acids is 1. The number of hydrogen-bond acceptors (Lipinski definition) is 2. The first-order valence-electron chi connectivity index (χ1n) is 3.97. The van der Waals surface area contributed by atoms with Crippen LogP contribution in [0.2, 0.25) is 0 Å². The van der Waals surface area contributed by atoms with Crippen LogP contribution in [0, 0.1) is 11.3 Å². The number of carboxylic acid groups (broad SMARTS) is 1. The molecular formula is C10H6N2O2. The zero-order valence-corrected chi connectivity index (χ0v) is 7.11. The van der Waals surface area contributed by atoms with E-state index in [1.807, 2.05) is 6.07 Å². The van der Waals surface area contributed by atoms with Crippen molar-refractivity contribution < 1.29 is 9.90 Å². The number of H-pyrrole nitrogens is 1. The fraction of sp³-hybridized carbons (Fsp3) is 0. The highest BCUT2D eigenvalue weighted by atomic mass is 16.4. The van der Waals surface area contributed by atoms with Crippen LogP contribution in [0.25, 0.3) is 10.9 Å². The summed E-state index contributed by atoms with van der Waals surface area (Å²) in [5.74, 6) is -1.02. The zero-order chi connectivity index (χ0) is 10.1. The van der Waals surface area contributed by atoms with Gasteiger partial charge in [0.1, 0.15) is 6.07 Å². The Morgan fingerprint density at radius 2 is 2.29 bits per heavy atom. The monoisotopic (exact) mass is 186 g/mol. The molecule has 1 heterocycles. The number of fused-ring (bicyclic) bond motifs is 1. The highest BCUT2D eigenvalue weighted by molar-refractivity contribution is 5.95. The summed E-state index contributed by atoms with van der Waals surface area (Å²) in [6.07, 6.45) is 1.68. The van der Waals surface area contributed by atoms with E-state index in [2.05, 4.69) is 4.98 Å². The number of nitriles is 1. The highest BCUT2D eigenvalue weighted by Crippen LogP contribution is 2.19. The van der Waals surface area contributed by atoms with E-state index in [1.165, 1.54) is 12.1 Å². The molecule has 0 aliphatic carbocycles. The van der Waals surface area contributed by atoms with Crippen LogP contribution in [-0.4, -0.2) is 16.1 Å². The molecule has 68 valence electrons. The minimum absolute atomic E-state index is 0.133. The van der Waals surface area contributed by atoms with Crippen LogP contribution in [-0.2, 0) is 0 Å². The number of hydrogen-bond donors (Lipinski definition) is 2. The highest BCUT2D eigenvalue weighted by Gasteiger charge is 2.08. The molecule has 2 N–H and O–H groups in total. The Balaban J connectivity index is 2.82. The Bertz CT molecular complexity index is 549. The van der Waals surface area contributed by atoms with Crippen molar-refractivity contribution in [1.82, 2.24) is 4.98 Å². The lowest BCUT2D eigenvalue weighted by atomic mass is 10.1. The van der Waals surface area contributed by atoms with Gasteiger partial charge < -0.3 is 10.1 Å². The van der Waals surface area contributed by atoms with Crippen molar-refractivity contribution in [3.8, 4) is 6.07 Å². The number of carbonyl (C=O) groups is 1. The number of aromatic amines is 1. The molecular weight excluding hydrogens is 180 g/mol. The lowest BCUT2D eigenvalue weighted by Gasteiger charge is -1.97. The van der Waals surface area contributed by atoms with Gasteiger partial charge in [0.05, 0.1) is 16.6 Å². The third-order valence-corrected chi connectivity index (χ3v) is 2.03. The number of rotatable bonds is 1. The molecule has 0 amide bonds. The minimum Gasteiger partial charge on any atom is -0.478 e. The quantitative estimate of drug-likeness (QED) is 0.712. The molecule has 14 heavy (non-hydrogen) atoms. The van der Waals surface area contributed by atoms with Crippen LogP contribution < -0.4 is 0 Å². The van der Waals surface area contributed by atoms with Crippen LogP contribution in [0.4, 0.5) is 0 Å². The molecule has 0 bridgehead atoms. The molecule has 0 aliphatic rings. The molecule has 0 unspecified atom stereocenters. The van der Waals surface area contributed by atoms with Crippen molar-refractivity contribution >= 4 is 16.9 Å². The zero-order valence-electron chi connectivity index (χ0n) is 7.11. The largest absolute Gasteiger partial charge is 0.478 e. The Morgan fingerprint density at radius 3 is 2.93 bits per heavy atom. The van der Waals surface area contributed by atoms with Gasteiger partial charge in [-0.25, -0.2) is 4.79 Å². The Morgan fingerprint density at radius 1 is 1.50 bits per heavy atom. The third kappa shape index (κ3) is 1.12. The molecule has 1 aromatic carbocycles. The van der Waals surface area contributed by atoms with E-state index in [0.717, 1.165) is 5.39 Å². The molecule has 0 atom stereocenters. The molecule has 0 fully saturated rings. The number of nitrogens with one attached hydrogen (secondary N) is 1. The van der Waals surface area contributed by atoms with E-state index in [0.29, 0.717) is 11.1 Å². The van der Waals surface area contributed by atoms with Crippen molar-refractivity contribution in [2.45, 2.75) is 0 Å². The molecule has 0 radical (unpaired) electrons. The molecule has 2 aromatic rings. The predicted octanol–water partition coefficient (Wildman–Crippen LogP) is 1.74. The van der Waals surface area contributed by atoms with Gasteiger partial charge in [-0.15, -0.1) is 0 Å². The summed E-state index contributed by atoms with van der Waals surface area (Å²) in [4.78, 5) is 13.6. The van der Waals surface area contributed by atoms with E-state index in [-0.39, 0.29) is 5.56 Å². The molecule has 0 saturated heterocycles. The van der Waals surface area contributed by atoms with Gasteiger partial charge in [-0.05, 0) is 18.2 Å². The van der Waals surface area contributed by atoms with Crippen molar-refractivity contribution in [2.24, 2.45) is 0 Å². The van der Waals surface area contributed by atoms with Crippen LogP contribution in [0.15, 0.2) is 24.4 Å². The summed E-state index contributed by atoms with van der Waals surface area (Å²) < 4.78 is 0. The molecule has 4 heteroatoms. The summed E-state index contributed by atoms with van der Waals surface area (Å²) in [6.45, 7) is 0. The average molecular weight is 186 g/mol. The summed E-state index contributed by atoms with van der Waals surface area (Å²) in [5.41, 5.74) is 1.16. The summed E-state index contributed by atoms with van der Waals surface area (Å²) in [5, 5.41) is 18.3. The van der Waals surface area contributed by atoms with Gasteiger partial charge in [-0.1, -0.05) is 0 Å². The normalized spacial score (nSPS) is 9.93. The fourth-order valence-electron chi connectivity index (χ4n) is 1.38. The number of aromatic nitrogens is 1. The van der Waals surface area contributed by atoms with E-state index in [9.17, 15) is 4.79 Å². The lowest BCUT2D eigenvalue weighted by Crippen LogP contribution is -1.96. The van der Waals surface area contributed by atoms with Gasteiger partial charge in [0, 0.05) is 11.6 Å². The van der Waals surface area contributed by atoms with Crippen LogP contribution in [0.3, 0.4) is 0 Å². The molecule has 1 aromatic heterocycles. The topological polar surface area (TPSA) is 76.9 Å². The Kier molecular flexibility index (Phi) is 1.72. The van der Waals surface area contributed by atoms with Gasteiger partial charge in [-0.3, -0.25) is 0 Å². The van der Waals surface area contributed by atoms with E-state index in [4.69, 9.17) is 10.4 Å². The second kappa shape index (κ2) is 2.89. The Hall–Kier alpha value is -2.28. The van der Waals surface area contributed by atoms with Crippen molar-refractivity contribution in [2.75, 3.05) is 0 Å². The minimum atomic E-state index is -1.02. The van der Waals surface area contributed by atoms with Crippen LogP contribution >= 0.6 is 0 Å². The van der Waals surface area contributed by atoms with Gasteiger partial charge in [0.15, 0.2) is 0 Å². The Labute approximate surface area is 79.4 Å². The molecule has 4 nitrogen and oxygen atoms in total. The second-order valence-corrected chi connectivity index (χ2v) is 2.88.